The van der Waals surface area contributed by atoms with E-state index in [4.69, 9.17) is 9.59 Å². The average molecular weight is 567 g/mol. The van der Waals surface area contributed by atoms with Gasteiger partial charge in [0.2, 0.25) is 0 Å². The highest BCUT2D eigenvalue weighted by Crippen LogP contribution is 2.43. The van der Waals surface area contributed by atoms with Crippen molar-refractivity contribution in [1.82, 2.24) is 0 Å². The molecule has 1 unspecified atom stereocenters. The SMILES string of the molecule is C=C(C)CC(CC(=C)CO)c1ccc(CCC2CCC(C3CCC(CCCCC)CC3)CC2)c(CC)c1.C=O.C=O. The van der Waals surface area contributed by atoms with Gasteiger partial charge in [0.15, 0.2) is 0 Å². The highest BCUT2D eigenvalue weighted by Gasteiger charge is 2.30. The lowest BCUT2D eigenvalue weighted by atomic mass is 9.68. The molecular formula is C38H62O3. The Morgan fingerprint density at radius 2 is 1.37 bits per heavy atom. The Bertz CT molecular complexity index is 856. The van der Waals surface area contributed by atoms with E-state index in [9.17, 15) is 5.11 Å². The standard InChI is InChI=1S/C36H58O.2CH2O/c1-6-8-9-10-29-11-17-33(18-12-29)34-19-14-30(15-20-34)13-16-32-21-22-35(25-31(32)7-2)36(23-27(3)4)24-28(5)26-37;2*1-2/h21-22,25,29-30,33-34,36-37H,3,5-20,23-24,26H2,1-2,4H3;2*1H2. The zero-order valence-electron chi connectivity index (χ0n) is 26.9. The number of hydrogen-bond acceptors (Lipinski definition) is 3. The lowest BCUT2D eigenvalue weighted by Crippen LogP contribution is -2.26. The first-order valence-electron chi connectivity index (χ1n) is 16.5. The minimum absolute atomic E-state index is 0.0773. The first-order valence-corrected chi connectivity index (χ1v) is 16.5. The summed E-state index contributed by atoms with van der Waals surface area (Å²) in [5.74, 6) is 4.41. The predicted molar refractivity (Wildman–Crippen MR) is 176 cm³/mol. The van der Waals surface area contributed by atoms with Crippen LogP contribution in [-0.2, 0) is 22.4 Å². The van der Waals surface area contributed by atoms with Gasteiger partial charge in [-0.1, -0.05) is 101 Å². The van der Waals surface area contributed by atoms with E-state index in [0.29, 0.717) is 5.92 Å². The van der Waals surface area contributed by atoms with Gasteiger partial charge >= 0.3 is 0 Å². The van der Waals surface area contributed by atoms with Crippen molar-refractivity contribution in [2.24, 2.45) is 23.7 Å². The minimum Gasteiger partial charge on any atom is -0.392 e. The summed E-state index contributed by atoms with van der Waals surface area (Å²) in [6.45, 7) is 19.0. The van der Waals surface area contributed by atoms with E-state index in [-0.39, 0.29) is 6.61 Å². The number of aliphatic hydroxyl groups excluding tert-OH is 1. The molecule has 1 aromatic carbocycles. The van der Waals surface area contributed by atoms with E-state index in [1.54, 1.807) is 5.56 Å². The van der Waals surface area contributed by atoms with Gasteiger partial charge in [0.1, 0.15) is 13.6 Å². The second-order valence-corrected chi connectivity index (χ2v) is 12.9. The number of aryl methyl sites for hydroxylation is 2. The van der Waals surface area contributed by atoms with Crippen molar-refractivity contribution in [3.8, 4) is 0 Å². The molecule has 0 amide bonds. The second-order valence-electron chi connectivity index (χ2n) is 12.9. The number of carbonyl (C=O) groups is 2. The number of carbonyl (C=O) groups excluding carboxylic acids is 2. The number of benzene rings is 1. The van der Waals surface area contributed by atoms with Gasteiger partial charge in [0.05, 0.1) is 6.61 Å². The molecule has 0 radical (unpaired) electrons. The smallest absolute Gasteiger partial charge is 0.106 e. The third kappa shape index (κ3) is 13.2. The summed E-state index contributed by atoms with van der Waals surface area (Å²) in [5.41, 5.74) is 6.59. The Labute approximate surface area is 253 Å². The van der Waals surface area contributed by atoms with Crippen molar-refractivity contribution >= 4 is 13.6 Å². The molecule has 0 bridgehead atoms. The topological polar surface area (TPSA) is 54.4 Å². The molecule has 2 aliphatic rings. The molecule has 0 heterocycles. The molecule has 1 atom stereocenters. The highest BCUT2D eigenvalue weighted by atomic mass is 16.3. The van der Waals surface area contributed by atoms with Crippen LogP contribution >= 0.6 is 0 Å². The highest BCUT2D eigenvalue weighted by molar-refractivity contribution is 5.35. The summed E-state index contributed by atoms with van der Waals surface area (Å²) in [7, 11) is 0. The maximum Gasteiger partial charge on any atom is 0.106 e. The number of aliphatic hydroxyl groups is 1. The van der Waals surface area contributed by atoms with E-state index in [1.165, 1.54) is 107 Å². The Kier molecular flexibility index (Phi) is 19.6. The van der Waals surface area contributed by atoms with Gasteiger partial charge in [0, 0.05) is 0 Å². The molecule has 0 aromatic heterocycles. The number of rotatable bonds is 15. The molecule has 1 N–H and O–H groups in total. The summed E-state index contributed by atoms with van der Waals surface area (Å²) >= 11 is 0. The molecule has 3 nitrogen and oxygen atoms in total. The van der Waals surface area contributed by atoms with Crippen molar-refractivity contribution < 1.29 is 14.7 Å². The molecule has 0 saturated heterocycles. The number of hydrogen-bond donors (Lipinski definition) is 1. The predicted octanol–water partition coefficient (Wildman–Crippen LogP) is 9.99. The van der Waals surface area contributed by atoms with Crippen molar-refractivity contribution in [3.63, 3.8) is 0 Å². The van der Waals surface area contributed by atoms with Crippen LogP contribution in [0, 0.1) is 23.7 Å². The Morgan fingerprint density at radius 3 is 1.85 bits per heavy atom. The molecule has 1 aromatic rings. The van der Waals surface area contributed by atoms with Crippen LogP contribution < -0.4 is 0 Å². The van der Waals surface area contributed by atoms with E-state index >= 15 is 0 Å². The van der Waals surface area contributed by atoms with Gasteiger partial charge in [-0.2, -0.15) is 0 Å². The fourth-order valence-electron chi connectivity index (χ4n) is 7.55. The molecule has 2 saturated carbocycles. The van der Waals surface area contributed by atoms with Crippen LogP contribution in [0.2, 0.25) is 0 Å². The van der Waals surface area contributed by atoms with E-state index in [1.807, 2.05) is 13.6 Å². The first kappa shape index (κ1) is 37.0. The summed E-state index contributed by atoms with van der Waals surface area (Å²) < 4.78 is 0. The molecule has 41 heavy (non-hydrogen) atoms. The van der Waals surface area contributed by atoms with Gasteiger partial charge in [0.25, 0.3) is 0 Å². The van der Waals surface area contributed by atoms with Crippen LogP contribution in [-0.4, -0.2) is 25.3 Å². The second kappa shape index (κ2) is 21.7. The molecule has 0 spiro atoms. The van der Waals surface area contributed by atoms with Gasteiger partial charge in [-0.25, -0.2) is 0 Å². The summed E-state index contributed by atoms with van der Waals surface area (Å²) in [5, 5.41) is 9.52. The largest absolute Gasteiger partial charge is 0.392 e. The van der Waals surface area contributed by atoms with Crippen LogP contribution in [0.4, 0.5) is 0 Å². The third-order valence-electron chi connectivity index (χ3n) is 9.92. The molecular weight excluding hydrogens is 504 g/mol. The third-order valence-corrected chi connectivity index (χ3v) is 9.92. The van der Waals surface area contributed by atoms with Crippen LogP contribution in [0.1, 0.15) is 140 Å². The monoisotopic (exact) mass is 566 g/mol. The van der Waals surface area contributed by atoms with Crippen LogP contribution in [0.15, 0.2) is 42.5 Å². The zero-order valence-corrected chi connectivity index (χ0v) is 26.9. The molecule has 2 aliphatic carbocycles. The molecule has 2 fully saturated rings. The van der Waals surface area contributed by atoms with Gasteiger partial charge < -0.3 is 14.7 Å². The minimum atomic E-state index is 0.0773. The quantitative estimate of drug-likeness (QED) is 0.170. The maximum atomic E-state index is 9.52. The normalized spacial score (nSPS) is 22.8. The fraction of sp³-hybridized carbons (Fsp3) is 0.684. The molecule has 232 valence electrons. The van der Waals surface area contributed by atoms with E-state index < -0.39 is 0 Å². The fourth-order valence-corrected chi connectivity index (χ4v) is 7.55. The number of unbranched alkanes of at least 4 members (excludes halogenated alkanes) is 2. The lowest BCUT2D eigenvalue weighted by Gasteiger charge is -2.38. The van der Waals surface area contributed by atoms with Crippen molar-refractivity contribution in [3.05, 3.63) is 59.2 Å². The zero-order chi connectivity index (χ0) is 30.6. The van der Waals surface area contributed by atoms with E-state index in [0.717, 1.165) is 48.5 Å². The van der Waals surface area contributed by atoms with Crippen LogP contribution in [0.3, 0.4) is 0 Å². The van der Waals surface area contributed by atoms with Crippen LogP contribution in [0.25, 0.3) is 0 Å². The first-order chi connectivity index (χ1) is 19.9. The Balaban J connectivity index is 0.00000201. The van der Waals surface area contributed by atoms with Crippen molar-refractivity contribution in [2.75, 3.05) is 6.61 Å². The summed E-state index contributed by atoms with van der Waals surface area (Å²) in [4.78, 5) is 16.0. The van der Waals surface area contributed by atoms with Crippen molar-refractivity contribution in [2.45, 2.75) is 136 Å². The average Bonchev–Trinajstić information content (AvgIpc) is 3.02. The van der Waals surface area contributed by atoms with Crippen LogP contribution in [0.5, 0.6) is 0 Å². The summed E-state index contributed by atoms with van der Waals surface area (Å²) in [6.07, 6.45) is 23.3. The van der Waals surface area contributed by atoms with Gasteiger partial charge in [-0.05, 0) is 111 Å². The van der Waals surface area contributed by atoms with Gasteiger partial charge in [-0.3, -0.25) is 0 Å². The number of allylic oxidation sites excluding steroid dienone is 1. The molecule has 3 rings (SSSR count). The Morgan fingerprint density at radius 1 is 0.805 bits per heavy atom. The molecule has 3 heteroatoms. The lowest BCUT2D eigenvalue weighted by molar-refractivity contribution is -0.0987. The Hall–Kier alpha value is -2.00. The van der Waals surface area contributed by atoms with E-state index in [2.05, 4.69) is 52.1 Å². The summed E-state index contributed by atoms with van der Waals surface area (Å²) in [6, 6.07) is 7.21. The molecule has 0 aliphatic heterocycles. The van der Waals surface area contributed by atoms with Gasteiger partial charge in [-0.15, -0.1) is 6.58 Å². The van der Waals surface area contributed by atoms with Crippen molar-refractivity contribution in [1.29, 1.82) is 0 Å². The maximum absolute atomic E-state index is 9.52.